The van der Waals surface area contributed by atoms with E-state index in [1.165, 1.54) is 17.5 Å². The minimum absolute atomic E-state index is 0.0994. The SMILES string of the molecule is Cc1ccsc1N(C)C(=O)c1ccnc(CO)c1. The van der Waals surface area contributed by atoms with Crippen LogP contribution in [0.2, 0.25) is 0 Å². The van der Waals surface area contributed by atoms with E-state index in [1.54, 1.807) is 24.1 Å². The number of hydrogen-bond acceptors (Lipinski definition) is 4. The summed E-state index contributed by atoms with van der Waals surface area (Å²) < 4.78 is 0. The number of amides is 1. The molecule has 1 amide bonds. The fraction of sp³-hybridized carbons (Fsp3) is 0.231. The molecule has 0 saturated heterocycles. The molecule has 0 aliphatic heterocycles. The fourth-order valence-corrected chi connectivity index (χ4v) is 2.59. The number of aryl methyl sites for hydroxylation is 1. The normalized spacial score (nSPS) is 10.4. The van der Waals surface area contributed by atoms with Crippen LogP contribution in [0, 0.1) is 6.92 Å². The number of aliphatic hydroxyl groups excluding tert-OH is 1. The van der Waals surface area contributed by atoms with Crippen molar-refractivity contribution < 1.29 is 9.90 Å². The van der Waals surface area contributed by atoms with E-state index in [2.05, 4.69) is 4.98 Å². The molecule has 0 spiro atoms. The molecule has 0 aliphatic rings. The Morgan fingerprint density at radius 1 is 1.50 bits per heavy atom. The van der Waals surface area contributed by atoms with Gasteiger partial charge in [-0.25, -0.2) is 0 Å². The molecule has 2 aromatic heterocycles. The maximum Gasteiger partial charge on any atom is 0.258 e. The van der Waals surface area contributed by atoms with Crippen molar-refractivity contribution >= 4 is 22.2 Å². The number of aliphatic hydroxyl groups is 1. The molecule has 2 heterocycles. The van der Waals surface area contributed by atoms with E-state index in [1.807, 2.05) is 18.4 Å². The second kappa shape index (κ2) is 5.29. The Labute approximate surface area is 110 Å². The van der Waals surface area contributed by atoms with Crippen LogP contribution in [-0.4, -0.2) is 23.0 Å². The van der Waals surface area contributed by atoms with E-state index in [9.17, 15) is 4.79 Å². The molecule has 0 atom stereocenters. The zero-order valence-corrected chi connectivity index (χ0v) is 11.1. The minimum atomic E-state index is -0.164. The van der Waals surface area contributed by atoms with Crippen LogP contribution in [0.25, 0.3) is 0 Å². The molecule has 2 aromatic rings. The summed E-state index contributed by atoms with van der Waals surface area (Å²) in [6, 6.07) is 5.25. The van der Waals surface area contributed by atoms with Gasteiger partial charge in [0, 0.05) is 18.8 Å². The molecular formula is C13H14N2O2S. The number of aromatic nitrogens is 1. The van der Waals surface area contributed by atoms with Gasteiger partial charge in [-0.15, -0.1) is 11.3 Å². The van der Waals surface area contributed by atoms with Gasteiger partial charge in [0.1, 0.15) is 5.00 Å². The molecule has 0 aliphatic carbocycles. The van der Waals surface area contributed by atoms with Crippen molar-refractivity contribution in [2.75, 3.05) is 11.9 Å². The van der Waals surface area contributed by atoms with Crippen LogP contribution >= 0.6 is 11.3 Å². The standard InChI is InChI=1S/C13H14N2O2S/c1-9-4-6-18-13(9)15(2)12(17)10-3-5-14-11(7-10)8-16/h3-7,16H,8H2,1-2H3. The first kappa shape index (κ1) is 12.7. The number of carbonyl (C=O) groups is 1. The van der Waals surface area contributed by atoms with Crippen LogP contribution in [0.3, 0.4) is 0 Å². The molecule has 94 valence electrons. The van der Waals surface area contributed by atoms with Gasteiger partial charge in [-0.2, -0.15) is 0 Å². The van der Waals surface area contributed by atoms with Gasteiger partial charge in [-0.3, -0.25) is 9.78 Å². The maximum atomic E-state index is 12.3. The van der Waals surface area contributed by atoms with Crippen molar-refractivity contribution in [3.05, 3.63) is 46.6 Å². The highest BCUT2D eigenvalue weighted by Crippen LogP contribution is 2.26. The number of anilines is 1. The van der Waals surface area contributed by atoms with Gasteiger partial charge in [0.05, 0.1) is 12.3 Å². The summed E-state index contributed by atoms with van der Waals surface area (Å²) in [5.74, 6) is -0.0994. The molecule has 0 radical (unpaired) electrons. The summed E-state index contributed by atoms with van der Waals surface area (Å²) >= 11 is 1.53. The quantitative estimate of drug-likeness (QED) is 0.922. The lowest BCUT2D eigenvalue weighted by Gasteiger charge is -2.16. The Morgan fingerprint density at radius 2 is 2.28 bits per heavy atom. The fourth-order valence-electron chi connectivity index (χ4n) is 1.69. The van der Waals surface area contributed by atoms with Crippen molar-refractivity contribution in [2.24, 2.45) is 0 Å². The smallest absolute Gasteiger partial charge is 0.258 e. The number of thiophene rings is 1. The molecule has 0 saturated carbocycles. The molecule has 18 heavy (non-hydrogen) atoms. The molecule has 0 fully saturated rings. The average molecular weight is 262 g/mol. The lowest BCUT2D eigenvalue weighted by molar-refractivity contribution is 0.0993. The third-order valence-corrected chi connectivity index (χ3v) is 3.76. The Morgan fingerprint density at radius 3 is 2.89 bits per heavy atom. The number of pyridine rings is 1. The van der Waals surface area contributed by atoms with Gasteiger partial charge in [-0.05, 0) is 36.1 Å². The van der Waals surface area contributed by atoms with Crippen molar-refractivity contribution in [2.45, 2.75) is 13.5 Å². The van der Waals surface area contributed by atoms with Crippen LogP contribution in [-0.2, 0) is 6.61 Å². The summed E-state index contributed by atoms with van der Waals surface area (Å²) in [7, 11) is 1.75. The number of hydrogen-bond donors (Lipinski definition) is 1. The zero-order valence-electron chi connectivity index (χ0n) is 10.3. The van der Waals surface area contributed by atoms with E-state index in [0.29, 0.717) is 11.3 Å². The van der Waals surface area contributed by atoms with Crippen LogP contribution < -0.4 is 4.90 Å². The second-order valence-electron chi connectivity index (χ2n) is 3.97. The van der Waals surface area contributed by atoms with Gasteiger partial charge in [0.2, 0.25) is 0 Å². The summed E-state index contributed by atoms with van der Waals surface area (Å²) in [5, 5.41) is 11.9. The van der Waals surface area contributed by atoms with Crippen LogP contribution in [0.15, 0.2) is 29.8 Å². The lowest BCUT2D eigenvalue weighted by atomic mass is 10.2. The highest BCUT2D eigenvalue weighted by atomic mass is 32.1. The van der Waals surface area contributed by atoms with E-state index >= 15 is 0 Å². The Kier molecular flexibility index (Phi) is 3.74. The Balaban J connectivity index is 2.28. The average Bonchev–Trinajstić information content (AvgIpc) is 2.83. The number of carbonyl (C=O) groups excluding carboxylic acids is 1. The Bertz CT molecular complexity index is 566. The second-order valence-corrected chi connectivity index (χ2v) is 4.86. The molecule has 4 nitrogen and oxygen atoms in total. The zero-order chi connectivity index (χ0) is 13.1. The lowest BCUT2D eigenvalue weighted by Crippen LogP contribution is -2.26. The van der Waals surface area contributed by atoms with Crippen molar-refractivity contribution in [3.8, 4) is 0 Å². The summed E-state index contributed by atoms with van der Waals surface area (Å²) in [5.41, 5.74) is 2.11. The van der Waals surface area contributed by atoms with E-state index < -0.39 is 0 Å². The van der Waals surface area contributed by atoms with Gasteiger partial charge in [-0.1, -0.05) is 0 Å². The largest absolute Gasteiger partial charge is 0.390 e. The summed E-state index contributed by atoms with van der Waals surface area (Å²) in [6.07, 6.45) is 1.54. The first-order valence-electron chi connectivity index (χ1n) is 5.51. The van der Waals surface area contributed by atoms with Crippen LogP contribution in [0.5, 0.6) is 0 Å². The molecular weight excluding hydrogens is 248 g/mol. The molecule has 0 unspecified atom stereocenters. The molecule has 5 heteroatoms. The monoisotopic (exact) mass is 262 g/mol. The third-order valence-electron chi connectivity index (χ3n) is 2.67. The topological polar surface area (TPSA) is 53.4 Å². The van der Waals surface area contributed by atoms with E-state index in [0.717, 1.165) is 10.6 Å². The molecule has 1 N–H and O–H groups in total. The Hall–Kier alpha value is -1.72. The molecule has 2 rings (SSSR count). The first-order valence-corrected chi connectivity index (χ1v) is 6.39. The van der Waals surface area contributed by atoms with Crippen molar-refractivity contribution in [3.63, 3.8) is 0 Å². The number of rotatable bonds is 3. The van der Waals surface area contributed by atoms with Gasteiger partial charge < -0.3 is 10.0 Å². The first-order chi connectivity index (χ1) is 8.63. The van der Waals surface area contributed by atoms with E-state index in [-0.39, 0.29) is 12.5 Å². The highest BCUT2D eigenvalue weighted by Gasteiger charge is 2.16. The van der Waals surface area contributed by atoms with Crippen molar-refractivity contribution in [1.29, 1.82) is 0 Å². The number of nitrogens with zero attached hydrogens (tertiary/aromatic N) is 2. The maximum absolute atomic E-state index is 12.3. The van der Waals surface area contributed by atoms with Gasteiger partial charge >= 0.3 is 0 Å². The van der Waals surface area contributed by atoms with Crippen LogP contribution in [0.1, 0.15) is 21.6 Å². The van der Waals surface area contributed by atoms with E-state index in [4.69, 9.17) is 5.11 Å². The predicted octanol–water partition coefficient (Wildman–Crippen LogP) is 2.22. The van der Waals surface area contributed by atoms with Gasteiger partial charge in [0.25, 0.3) is 5.91 Å². The minimum Gasteiger partial charge on any atom is -0.390 e. The highest BCUT2D eigenvalue weighted by molar-refractivity contribution is 7.14. The molecule has 0 aromatic carbocycles. The third kappa shape index (κ3) is 2.42. The summed E-state index contributed by atoms with van der Waals surface area (Å²) in [4.78, 5) is 17.9. The van der Waals surface area contributed by atoms with Crippen LogP contribution in [0.4, 0.5) is 5.00 Å². The molecule has 0 bridgehead atoms. The summed E-state index contributed by atoms with van der Waals surface area (Å²) in [6.45, 7) is 1.81. The van der Waals surface area contributed by atoms with Crippen molar-refractivity contribution in [1.82, 2.24) is 4.98 Å². The van der Waals surface area contributed by atoms with Gasteiger partial charge in [0.15, 0.2) is 0 Å². The predicted molar refractivity (Wildman–Crippen MR) is 71.9 cm³/mol.